The van der Waals surface area contributed by atoms with Crippen LogP contribution in [0.4, 0.5) is 10.5 Å². The number of nitrogens with one attached hydrogen (secondary N) is 1. The van der Waals surface area contributed by atoms with Gasteiger partial charge in [0.1, 0.15) is 11.9 Å². The molecule has 0 bridgehead atoms. The van der Waals surface area contributed by atoms with Crippen molar-refractivity contribution in [1.29, 1.82) is 0 Å². The summed E-state index contributed by atoms with van der Waals surface area (Å²) in [7, 11) is 0. The molecule has 0 saturated heterocycles. The first-order valence-corrected chi connectivity index (χ1v) is 7.52. The van der Waals surface area contributed by atoms with Crippen molar-refractivity contribution in [1.82, 2.24) is 5.32 Å². The van der Waals surface area contributed by atoms with E-state index in [2.05, 4.69) is 5.32 Å². The molecule has 2 rings (SSSR count). The van der Waals surface area contributed by atoms with Crippen molar-refractivity contribution in [3.05, 3.63) is 23.8 Å². The highest BCUT2D eigenvalue weighted by Crippen LogP contribution is 2.34. The maximum Gasteiger partial charge on any atom is 0.322 e. The Labute approximate surface area is 126 Å². The molecule has 1 heterocycles. The number of hydrogen-bond acceptors (Lipinski definition) is 3. The Kier molecular flexibility index (Phi) is 5.44. The van der Waals surface area contributed by atoms with Crippen LogP contribution in [0.15, 0.2) is 18.2 Å². The Hall–Kier alpha value is -1.75. The summed E-state index contributed by atoms with van der Waals surface area (Å²) in [5, 5.41) is 2.94. The summed E-state index contributed by atoms with van der Waals surface area (Å²) in [5.41, 5.74) is 1.96. The lowest BCUT2D eigenvalue weighted by Crippen LogP contribution is -2.47. The van der Waals surface area contributed by atoms with E-state index in [0.717, 1.165) is 23.4 Å². The van der Waals surface area contributed by atoms with Crippen LogP contribution in [0.2, 0.25) is 0 Å². The van der Waals surface area contributed by atoms with Gasteiger partial charge < -0.3 is 14.8 Å². The third-order valence-electron chi connectivity index (χ3n) is 3.36. The van der Waals surface area contributed by atoms with Crippen LogP contribution in [0.1, 0.15) is 25.8 Å². The monoisotopic (exact) mass is 292 g/mol. The van der Waals surface area contributed by atoms with E-state index in [-0.39, 0.29) is 12.1 Å². The number of ether oxygens (including phenoxy) is 2. The molecular formula is C16H24N2O3. The maximum absolute atomic E-state index is 12.4. The first-order valence-electron chi connectivity index (χ1n) is 7.52. The SMILES string of the molecule is CCOCCCNC(=O)N1C[C@@H](C)Oc2ccc(C)cc21. The summed E-state index contributed by atoms with van der Waals surface area (Å²) in [6.07, 6.45) is 0.814. The van der Waals surface area contributed by atoms with Crippen molar-refractivity contribution in [3.8, 4) is 5.75 Å². The van der Waals surface area contributed by atoms with Crippen molar-refractivity contribution in [2.45, 2.75) is 33.3 Å². The van der Waals surface area contributed by atoms with Gasteiger partial charge in [0.2, 0.25) is 0 Å². The number of nitrogens with zero attached hydrogens (tertiary/aromatic N) is 1. The average molecular weight is 292 g/mol. The molecule has 1 aliphatic rings. The molecule has 0 aliphatic carbocycles. The molecule has 0 unspecified atom stereocenters. The Balaban J connectivity index is 1.99. The number of hydrogen-bond donors (Lipinski definition) is 1. The van der Waals surface area contributed by atoms with Gasteiger partial charge in [0, 0.05) is 19.8 Å². The van der Waals surface area contributed by atoms with Crippen molar-refractivity contribution in [2.24, 2.45) is 0 Å². The van der Waals surface area contributed by atoms with E-state index in [9.17, 15) is 4.79 Å². The second-order valence-corrected chi connectivity index (χ2v) is 5.29. The number of rotatable bonds is 5. The molecule has 0 aromatic heterocycles. The van der Waals surface area contributed by atoms with E-state index in [1.54, 1.807) is 4.90 Å². The molecule has 1 aromatic carbocycles. The van der Waals surface area contributed by atoms with E-state index in [1.165, 1.54) is 0 Å². The first kappa shape index (κ1) is 15.6. The van der Waals surface area contributed by atoms with Crippen LogP contribution in [0.3, 0.4) is 0 Å². The number of urea groups is 1. The molecule has 2 amide bonds. The molecule has 0 saturated carbocycles. The summed E-state index contributed by atoms with van der Waals surface area (Å²) in [6, 6.07) is 5.83. The van der Waals surface area contributed by atoms with Gasteiger partial charge in [-0.2, -0.15) is 0 Å². The molecule has 0 radical (unpaired) electrons. The van der Waals surface area contributed by atoms with Gasteiger partial charge in [-0.25, -0.2) is 4.79 Å². The maximum atomic E-state index is 12.4. The average Bonchev–Trinajstić information content (AvgIpc) is 2.46. The zero-order chi connectivity index (χ0) is 15.2. The van der Waals surface area contributed by atoms with Crippen LogP contribution in [0, 0.1) is 6.92 Å². The number of benzene rings is 1. The second-order valence-electron chi connectivity index (χ2n) is 5.29. The van der Waals surface area contributed by atoms with Crippen LogP contribution < -0.4 is 15.0 Å². The zero-order valence-corrected chi connectivity index (χ0v) is 13.0. The molecule has 1 aliphatic heterocycles. The predicted molar refractivity (Wildman–Crippen MR) is 83.1 cm³/mol. The van der Waals surface area contributed by atoms with Gasteiger partial charge in [0.05, 0.1) is 12.2 Å². The van der Waals surface area contributed by atoms with Gasteiger partial charge in [0.15, 0.2) is 0 Å². The van der Waals surface area contributed by atoms with E-state index in [1.807, 2.05) is 39.0 Å². The lowest BCUT2D eigenvalue weighted by atomic mass is 10.1. The second kappa shape index (κ2) is 7.31. The van der Waals surface area contributed by atoms with Gasteiger partial charge >= 0.3 is 6.03 Å². The number of amides is 2. The van der Waals surface area contributed by atoms with Gasteiger partial charge in [-0.15, -0.1) is 0 Å². The number of aryl methyl sites for hydroxylation is 1. The van der Waals surface area contributed by atoms with E-state index < -0.39 is 0 Å². The Bertz CT molecular complexity index is 490. The fraction of sp³-hybridized carbons (Fsp3) is 0.562. The smallest absolute Gasteiger partial charge is 0.322 e. The fourth-order valence-corrected chi connectivity index (χ4v) is 2.35. The molecule has 1 N–H and O–H groups in total. The van der Waals surface area contributed by atoms with Crippen LogP contribution in [-0.4, -0.2) is 38.4 Å². The van der Waals surface area contributed by atoms with Crippen molar-refractivity contribution < 1.29 is 14.3 Å². The van der Waals surface area contributed by atoms with Gasteiger partial charge in [-0.3, -0.25) is 4.90 Å². The number of carbonyl (C=O) groups excluding carboxylic acids is 1. The zero-order valence-electron chi connectivity index (χ0n) is 13.0. The quantitative estimate of drug-likeness (QED) is 0.849. The van der Waals surface area contributed by atoms with Gasteiger partial charge in [-0.1, -0.05) is 6.07 Å². The minimum absolute atomic E-state index is 0.00520. The normalized spacial score (nSPS) is 17.1. The van der Waals surface area contributed by atoms with Crippen molar-refractivity contribution >= 4 is 11.7 Å². The Morgan fingerprint density at radius 1 is 1.52 bits per heavy atom. The minimum Gasteiger partial charge on any atom is -0.487 e. The minimum atomic E-state index is -0.0755. The third kappa shape index (κ3) is 4.11. The number of fused-ring (bicyclic) bond motifs is 1. The summed E-state index contributed by atoms with van der Waals surface area (Å²) < 4.78 is 11.0. The topological polar surface area (TPSA) is 50.8 Å². The van der Waals surface area contributed by atoms with Crippen LogP contribution >= 0.6 is 0 Å². The van der Waals surface area contributed by atoms with Crippen molar-refractivity contribution in [2.75, 3.05) is 31.2 Å². The molecule has 1 aromatic rings. The van der Waals surface area contributed by atoms with Crippen LogP contribution in [0.5, 0.6) is 5.75 Å². The fourth-order valence-electron chi connectivity index (χ4n) is 2.35. The largest absolute Gasteiger partial charge is 0.487 e. The molecule has 1 atom stereocenters. The third-order valence-corrected chi connectivity index (χ3v) is 3.36. The number of carbonyl (C=O) groups is 1. The van der Waals surface area contributed by atoms with E-state index in [0.29, 0.717) is 26.3 Å². The Morgan fingerprint density at radius 3 is 3.10 bits per heavy atom. The summed E-state index contributed by atoms with van der Waals surface area (Å²) in [4.78, 5) is 14.1. The molecule has 5 nitrogen and oxygen atoms in total. The van der Waals surface area contributed by atoms with Gasteiger partial charge in [0.25, 0.3) is 0 Å². The first-order chi connectivity index (χ1) is 10.1. The van der Waals surface area contributed by atoms with E-state index >= 15 is 0 Å². The molecular weight excluding hydrogens is 268 g/mol. The molecule has 21 heavy (non-hydrogen) atoms. The molecule has 116 valence electrons. The summed E-state index contributed by atoms with van der Waals surface area (Å²) in [5.74, 6) is 0.767. The molecule has 0 fully saturated rings. The highest BCUT2D eigenvalue weighted by atomic mass is 16.5. The van der Waals surface area contributed by atoms with E-state index in [4.69, 9.17) is 9.47 Å². The summed E-state index contributed by atoms with van der Waals surface area (Å²) >= 11 is 0. The predicted octanol–water partition coefficient (Wildman–Crippen LogP) is 2.72. The van der Waals surface area contributed by atoms with Gasteiger partial charge in [-0.05, 0) is 44.9 Å². The standard InChI is InChI=1S/C16H24N2O3/c1-4-20-9-5-8-17-16(19)18-11-13(3)21-15-7-6-12(2)10-14(15)18/h6-7,10,13H,4-5,8-9,11H2,1-3H3,(H,17,19)/t13-/m1/s1. The highest BCUT2D eigenvalue weighted by Gasteiger charge is 2.27. The lowest BCUT2D eigenvalue weighted by molar-refractivity contribution is 0.145. The summed E-state index contributed by atoms with van der Waals surface area (Å²) in [6.45, 7) is 8.51. The lowest BCUT2D eigenvalue weighted by Gasteiger charge is -2.33. The molecule has 0 spiro atoms. The highest BCUT2D eigenvalue weighted by molar-refractivity contribution is 5.94. The van der Waals surface area contributed by atoms with Crippen LogP contribution in [-0.2, 0) is 4.74 Å². The van der Waals surface area contributed by atoms with Crippen molar-refractivity contribution in [3.63, 3.8) is 0 Å². The molecule has 5 heteroatoms. The van der Waals surface area contributed by atoms with Crippen LogP contribution in [0.25, 0.3) is 0 Å². The number of anilines is 1. The Morgan fingerprint density at radius 2 is 2.33 bits per heavy atom.